The second kappa shape index (κ2) is 11.5. The number of allylic oxidation sites excluding steroid dienone is 1. The maximum absolute atomic E-state index is 13.0. The van der Waals surface area contributed by atoms with Crippen molar-refractivity contribution in [2.75, 3.05) is 32.7 Å². The summed E-state index contributed by atoms with van der Waals surface area (Å²) in [6, 6.07) is 6.12. The Morgan fingerprint density at radius 3 is 2.47 bits per heavy atom. The average molecular weight is 497 g/mol. The molecule has 4 rings (SSSR count). The van der Waals surface area contributed by atoms with Gasteiger partial charge in [-0.2, -0.15) is 0 Å². The summed E-state index contributed by atoms with van der Waals surface area (Å²) < 4.78 is 12.0. The number of likely N-dealkylation sites (tertiary alicyclic amines) is 1. The fraction of sp³-hybridized carbons (Fsp3) is 0.607. The zero-order valence-corrected chi connectivity index (χ0v) is 22.1. The molecule has 2 amide bonds. The van der Waals surface area contributed by atoms with Gasteiger partial charge in [0.15, 0.2) is 0 Å². The SMILES string of the molecule is Cc1cccc(OC2CCN(C(=O)CNC3=C(C(=N)C(=O)N4C[C@@H](C)O[C@@H](C)C4)CCC3)CC2)c1C. The molecule has 0 bridgehead atoms. The van der Waals surface area contributed by atoms with Crippen molar-refractivity contribution in [2.45, 2.75) is 78.1 Å². The molecule has 1 aromatic carbocycles. The highest BCUT2D eigenvalue weighted by atomic mass is 16.5. The highest BCUT2D eigenvalue weighted by Gasteiger charge is 2.31. The molecule has 0 aromatic heterocycles. The van der Waals surface area contributed by atoms with Gasteiger partial charge in [0, 0.05) is 50.3 Å². The zero-order chi connectivity index (χ0) is 25.8. The van der Waals surface area contributed by atoms with Crippen LogP contribution in [0.2, 0.25) is 0 Å². The maximum Gasteiger partial charge on any atom is 0.272 e. The van der Waals surface area contributed by atoms with Gasteiger partial charge in [-0.3, -0.25) is 15.0 Å². The van der Waals surface area contributed by atoms with Gasteiger partial charge in [0.1, 0.15) is 17.6 Å². The van der Waals surface area contributed by atoms with E-state index in [9.17, 15) is 9.59 Å². The number of rotatable bonds is 7. The van der Waals surface area contributed by atoms with Gasteiger partial charge >= 0.3 is 0 Å². The Hall–Kier alpha value is -2.87. The number of carbonyl (C=O) groups is 2. The predicted molar refractivity (Wildman–Crippen MR) is 139 cm³/mol. The van der Waals surface area contributed by atoms with E-state index in [0.717, 1.165) is 42.7 Å². The molecule has 2 heterocycles. The van der Waals surface area contributed by atoms with Gasteiger partial charge in [0.25, 0.3) is 5.91 Å². The van der Waals surface area contributed by atoms with E-state index in [1.807, 2.05) is 30.9 Å². The number of piperidine rings is 1. The Morgan fingerprint density at radius 2 is 1.78 bits per heavy atom. The summed E-state index contributed by atoms with van der Waals surface area (Å²) in [6.07, 6.45) is 4.01. The monoisotopic (exact) mass is 496 g/mol. The van der Waals surface area contributed by atoms with Gasteiger partial charge < -0.3 is 24.6 Å². The number of benzene rings is 1. The summed E-state index contributed by atoms with van der Waals surface area (Å²) in [5, 5.41) is 11.8. The van der Waals surface area contributed by atoms with E-state index < -0.39 is 0 Å². The lowest BCUT2D eigenvalue weighted by Gasteiger charge is -2.35. The summed E-state index contributed by atoms with van der Waals surface area (Å²) in [7, 11) is 0. The summed E-state index contributed by atoms with van der Waals surface area (Å²) in [5.41, 5.74) is 4.05. The number of nitrogens with zero attached hydrogens (tertiary/aromatic N) is 2. The molecule has 2 N–H and O–H groups in total. The summed E-state index contributed by atoms with van der Waals surface area (Å²) >= 11 is 0. The smallest absolute Gasteiger partial charge is 0.272 e. The van der Waals surface area contributed by atoms with Gasteiger partial charge in [0.2, 0.25) is 5.91 Å². The quantitative estimate of drug-likeness (QED) is 0.565. The lowest BCUT2D eigenvalue weighted by atomic mass is 10.1. The van der Waals surface area contributed by atoms with Crippen molar-refractivity contribution in [1.29, 1.82) is 5.41 Å². The average Bonchev–Trinajstić information content (AvgIpc) is 3.33. The van der Waals surface area contributed by atoms with Gasteiger partial charge in [-0.1, -0.05) is 12.1 Å². The highest BCUT2D eigenvalue weighted by molar-refractivity contribution is 6.44. The second-order valence-electron chi connectivity index (χ2n) is 10.4. The molecule has 36 heavy (non-hydrogen) atoms. The third-order valence-corrected chi connectivity index (χ3v) is 7.54. The van der Waals surface area contributed by atoms with Gasteiger partial charge in [-0.25, -0.2) is 0 Å². The first-order valence-corrected chi connectivity index (χ1v) is 13.2. The number of ether oxygens (including phenoxy) is 2. The van der Waals surface area contributed by atoms with Gasteiger partial charge in [-0.15, -0.1) is 0 Å². The van der Waals surface area contributed by atoms with Crippen LogP contribution < -0.4 is 10.1 Å². The Kier molecular flexibility index (Phi) is 8.34. The fourth-order valence-corrected chi connectivity index (χ4v) is 5.39. The van der Waals surface area contributed by atoms with Crippen molar-refractivity contribution in [1.82, 2.24) is 15.1 Å². The fourth-order valence-electron chi connectivity index (χ4n) is 5.39. The largest absolute Gasteiger partial charge is 0.490 e. The number of amides is 2. The Bertz CT molecular complexity index is 1020. The second-order valence-corrected chi connectivity index (χ2v) is 10.4. The third-order valence-electron chi connectivity index (χ3n) is 7.54. The Morgan fingerprint density at radius 1 is 1.08 bits per heavy atom. The van der Waals surface area contributed by atoms with Crippen molar-refractivity contribution in [3.05, 3.63) is 40.6 Å². The molecule has 2 atom stereocenters. The van der Waals surface area contributed by atoms with Crippen molar-refractivity contribution in [3.8, 4) is 5.75 Å². The van der Waals surface area contributed by atoms with E-state index in [1.165, 1.54) is 11.1 Å². The topological polar surface area (TPSA) is 95.0 Å². The molecule has 1 aliphatic carbocycles. The highest BCUT2D eigenvalue weighted by Crippen LogP contribution is 2.27. The van der Waals surface area contributed by atoms with E-state index in [4.69, 9.17) is 14.9 Å². The number of carbonyl (C=O) groups excluding carboxylic acids is 2. The van der Waals surface area contributed by atoms with Crippen LogP contribution in [0.15, 0.2) is 29.5 Å². The van der Waals surface area contributed by atoms with Crippen LogP contribution in [0.3, 0.4) is 0 Å². The normalized spacial score (nSPS) is 23.1. The van der Waals surface area contributed by atoms with Crippen LogP contribution in [0.25, 0.3) is 0 Å². The zero-order valence-electron chi connectivity index (χ0n) is 22.1. The minimum absolute atomic E-state index is 0.0337. The minimum atomic E-state index is -0.245. The molecule has 2 aliphatic heterocycles. The van der Waals surface area contributed by atoms with Crippen molar-refractivity contribution in [2.24, 2.45) is 0 Å². The predicted octanol–water partition coefficient (Wildman–Crippen LogP) is 3.36. The standard InChI is InChI=1S/C28H40N4O4/c1-18-7-5-10-25(21(18)4)36-22-11-13-31(14-12-22)26(33)15-30-24-9-6-8-23(24)27(29)28(34)32-16-19(2)35-20(3)17-32/h5,7,10,19-20,22,29-30H,6,8-9,11-17H2,1-4H3/t19-,20+. The molecule has 8 nitrogen and oxygen atoms in total. The number of hydrogen-bond donors (Lipinski definition) is 2. The molecule has 1 aromatic rings. The summed E-state index contributed by atoms with van der Waals surface area (Å²) in [6.45, 7) is 10.6. The first kappa shape index (κ1) is 26.2. The summed E-state index contributed by atoms with van der Waals surface area (Å²) in [4.78, 5) is 29.5. The van der Waals surface area contributed by atoms with Crippen LogP contribution in [-0.2, 0) is 14.3 Å². The minimum Gasteiger partial charge on any atom is -0.490 e. The van der Waals surface area contributed by atoms with Crippen molar-refractivity contribution < 1.29 is 19.1 Å². The van der Waals surface area contributed by atoms with E-state index in [0.29, 0.717) is 32.6 Å². The van der Waals surface area contributed by atoms with Crippen LogP contribution in [0.5, 0.6) is 5.75 Å². The lowest BCUT2D eigenvalue weighted by molar-refractivity contribution is -0.136. The lowest BCUT2D eigenvalue weighted by Crippen LogP contribution is -2.50. The molecule has 0 spiro atoms. The number of morpholine rings is 1. The van der Waals surface area contributed by atoms with Crippen LogP contribution >= 0.6 is 0 Å². The van der Waals surface area contributed by atoms with Crippen molar-refractivity contribution >= 4 is 17.5 Å². The van der Waals surface area contributed by atoms with Crippen LogP contribution in [-0.4, -0.2) is 78.4 Å². The Labute approximate surface area is 214 Å². The molecular formula is C28H40N4O4. The van der Waals surface area contributed by atoms with E-state index >= 15 is 0 Å². The molecule has 8 heteroatoms. The molecule has 2 saturated heterocycles. The van der Waals surface area contributed by atoms with E-state index in [2.05, 4.69) is 25.2 Å². The van der Waals surface area contributed by atoms with Crippen molar-refractivity contribution in [3.63, 3.8) is 0 Å². The number of hydrogen-bond acceptors (Lipinski definition) is 6. The molecule has 3 aliphatic rings. The molecular weight excluding hydrogens is 456 g/mol. The first-order valence-electron chi connectivity index (χ1n) is 13.2. The van der Waals surface area contributed by atoms with Crippen LogP contribution in [0.4, 0.5) is 0 Å². The number of nitrogens with one attached hydrogen (secondary N) is 2. The maximum atomic E-state index is 13.0. The van der Waals surface area contributed by atoms with Gasteiger partial charge in [-0.05, 0) is 64.2 Å². The van der Waals surface area contributed by atoms with E-state index in [1.54, 1.807) is 4.90 Å². The molecule has 0 unspecified atom stereocenters. The molecule has 0 saturated carbocycles. The van der Waals surface area contributed by atoms with Crippen LogP contribution in [0.1, 0.15) is 57.1 Å². The summed E-state index contributed by atoms with van der Waals surface area (Å²) in [5.74, 6) is 0.734. The molecule has 2 fully saturated rings. The Balaban J connectivity index is 1.27. The molecule has 196 valence electrons. The van der Waals surface area contributed by atoms with Gasteiger partial charge in [0.05, 0.1) is 18.8 Å². The molecule has 0 radical (unpaired) electrons. The first-order chi connectivity index (χ1) is 17.2. The third kappa shape index (κ3) is 6.09. The van der Waals surface area contributed by atoms with Crippen LogP contribution in [0, 0.1) is 19.3 Å². The number of aryl methyl sites for hydroxylation is 1. The van der Waals surface area contributed by atoms with E-state index in [-0.39, 0.29) is 42.4 Å².